The fourth-order valence-corrected chi connectivity index (χ4v) is 3.83. The van der Waals surface area contributed by atoms with Gasteiger partial charge in [0.2, 0.25) is 5.95 Å². The molecule has 28 heavy (non-hydrogen) atoms. The minimum atomic E-state index is 0.0521. The van der Waals surface area contributed by atoms with Gasteiger partial charge in [-0.1, -0.05) is 12.1 Å². The Morgan fingerprint density at radius 1 is 1.04 bits per heavy atom. The van der Waals surface area contributed by atoms with Gasteiger partial charge < -0.3 is 4.74 Å². The maximum atomic E-state index is 13.0. The standard InChI is InChI=1S/C21H29N5O2/c1-16-5-4-6-19(13-16)25-14-24(8-7-23-9-11-28-12-10-23)15-26-20(27)17(2)18(3)22-21(25)26/h4-6,13H,7-12,14-15H2,1-3H3. The Hall–Kier alpha value is -2.22. The zero-order chi connectivity index (χ0) is 19.7. The number of hydrogen-bond donors (Lipinski definition) is 0. The topological polar surface area (TPSA) is 53.8 Å². The first-order chi connectivity index (χ1) is 13.5. The summed E-state index contributed by atoms with van der Waals surface area (Å²) in [4.78, 5) is 24.7. The first-order valence-electron chi connectivity index (χ1n) is 9.97. The zero-order valence-electron chi connectivity index (χ0n) is 17.0. The predicted molar refractivity (Wildman–Crippen MR) is 110 cm³/mol. The summed E-state index contributed by atoms with van der Waals surface area (Å²) in [6, 6.07) is 8.38. The molecule has 1 fully saturated rings. The van der Waals surface area contributed by atoms with E-state index in [0.717, 1.165) is 69.0 Å². The molecule has 0 bridgehead atoms. The van der Waals surface area contributed by atoms with E-state index >= 15 is 0 Å². The van der Waals surface area contributed by atoms with Gasteiger partial charge in [-0.15, -0.1) is 0 Å². The Balaban J connectivity index is 1.64. The van der Waals surface area contributed by atoms with Crippen LogP contribution in [0.4, 0.5) is 11.6 Å². The Bertz CT molecular complexity index is 904. The molecule has 0 saturated carbocycles. The molecule has 1 saturated heterocycles. The molecular formula is C21H29N5O2. The van der Waals surface area contributed by atoms with Gasteiger partial charge in [-0.2, -0.15) is 0 Å². The Morgan fingerprint density at radius 2 is 1.79 bits per heavy atom. The van der Waals surface area contributed by atoms with Crippen molar-refractivity contribution in [2.24, 2.45) is 0 Å². The molecule has 1 aromatic heterocycles. The van der Waals surface area contributed by atoms with E-state index in [0.29, 0.717) is 6.67 Å². The number of anilines is 2. The maximum absolute atomic E-state index is 13.0. The lowest BCUT2D eigenvalue weighted by molar-refractivity contribution is 0.0310. The molecule has 0 spiro atoms. The van der Waals surface area contributed by atoms with Crippen molar-refractivity contribution in [2.45, 2.75) is 27.4 Å². The van der Waals surface area contributed by atoms with Gasteiger partial charge in [0, 0.05) is 43.1 Å². The Labute approximate surface area is 166 Å². The second-order valence-corrected chi connectivity index (χ2v) is 7.75. The van der Waals surface area contributed by atoms with Crippen molar-refractivity contribution in [3.8, 4) is 0 Å². The molecule has 3 heterocycles. The lowest BCUT2D eigenvalue weighted by Crippen LogP contribution is -2.50. The highest BCUT2D eigenvalue weighted by Crippen LogP contribution is 2.28. The Kier molecular flexibility index (Phi) is 5.48. The number of ether oxygens (including phenoxy) is 1. The molecule has 150 valence electrons. The average Bonchev–Trinajstić information content (AvgIpc) is 2.71. The summed E-state index contributed by atoms with van der Waals surface area (Å²) in [6.07, 6.45) is 0. The van der Waals surface area contributed by atoms with Crippen LogP contribution in [-0.4, -0.2) is 65.4 Å². The molecule has 2 aromatic rings. The first-order valence-corrected chi connectivity index (χ1v) is 9.97. The average molecular weight is 383 g/mol. The van der Waals surface area contributed by atoms with Gasteiger partial charge in [0.15, 0.2) is 0 Å². The molecule has 0 radical (unpaired) electrons. The zero-order valence-corrected chi connectivity index (χ0v) is 17.0. The summed E-state index contributed by atoms with van der Waals surface area (Å²) in [6.45, 7) is 12.6. The van der Waals surface area contributed by atoms with Crippen molar-refractivity contribution in [3.05, 3.63) is 51.4 Å². The van der Waals surface area contributed by atoms with Crippen molar-refractivity contribution >= 4 is 11.6 Å². The minimum absolute atomic E-state index is 0.0521. The number of rotatable bonds is 4. The maximum Gasteiger partial charge on any atom is 0.259 e. The number of benzene rings is 1. The molecule has 2 aliphatic heterocycles. The highest BCUT2D eigenvalue weighted by atomic mass is 16.5. The van der Waals surface area contributed by atoms with Crippen molar-refractivity contribution in [1.29, 1.82) is 0 Å². The van der Waals surface area contributed by atoms with Gasteiger partial charge in [-0.3, -0.25) is 24.1 Å². The Morgan fingerprint density at radius 3 is 2.54 bits per heavy atom. The van der Waals surface area contributed by atoms with Crippen LogP contribution >= 0.6 is 0 Å². The highest BCUT2D eigenvalue weighted by Gasteiger charge is 2.27. The van der Waals surface area contributed by atoms with Crippen LogP contribution in [0.3, 0.4) is 0 Å². The molecule has 1 aromatic carbocycles. The summed E-state index contributed by atoms with van der Waals surface area (Å²) >= 11 is 0. The number of nitrogens with zero attached hydrogens (tertiary/aromatic N) is 5. The number of aryl methyl sites for hydroxylation is 2. The van der Waals surface area contributed by atoms with Crippen molar-refractivity contribution < 1.29 is 4.74 Å². The normalized spacial score (nSPS) is 18.3. The molecule has 0 atom stereocenters. The highest BCUT2D eigenvalue weighted by molar-refractivity contribution is 5.59. The van der Waals surface area contributed by atoms with Crippen LogP contribution in [0.15, 0.2) is 29.1 Å². The SMILES string of the molecule is Cc1cccc(N2CN(CCN3CCOCC3)Cn3c2nc(C)c(C)c3=O)c1. The molecule has 4 rings (SSSR count). The van der Waals surface area contributed by atoms with Crippen LogP contribution < -0.4 is 10.5 Å². The second-order valence-electron chi connectivity index (χ2n) is 7.75. The van der Waals surface area contributed by atoms with E-state index in [2.05, 4.69) is 45.9 Å². The number of morpholine rings is 1. The van der Waals surface area contributed by atoms with E-state index in [4.69, 9.17) is 9.72 Å². The second kappa shape index (κ2) is 8.03. The summed E-state index contributed by atoms with van der Waals surface area (Å²) < 4.78 is 7.26. The van der Waals surface area contributed by atoms with E-state index in [1.54, 1.807) is 0 Å². The third-order valence-corrected chi connectivity index (χ3v) is 5.69. The fourth-order valence-electron chi connectivity index (χ4n) is 3.83. The van der Waals surface area contributed by atoms with Gasteiger partial charge in [0.1, 0.15) is 0 Å². The number of fused-ring (bicyclic) bond motifs is 1. The van der Waals surface area contributed by atoms with E-state index in [1.807, 2.05) is 18.4 Å². The molecule has 0 N–H and O–H groups in total. The summed E-state index contributed by atoms with van der Waals surface area (Å²) in [5, 5.41) is 0. The van der Waals surface area contributed by atoms with Crippen LogP contribution in [0.5, 0.6) is 0 Å². The lowest BCUT2D eigenvalue weighted by atomic mass is 10.2. The summed E-state index contributed by atoms with van der Waals surface area (Å²) in [5.41, 5.74) is 3.84. The lowest BCUT2D eigenvalue weighted by Gasteiger charge is -2.39. The predicted octanol–water partition coefficient (Wildman–Crippen LogP) is 1.87. The van der Waals surface area contributed by atoms with Gasteiger partial charge >= 0.3 is 0 Å². The van der Waals surface area contributed by atoms with Crippen molar-refractivity contribution in [3.63, 3.8) is 0 Å². The number of aromatic nitrogens is 2. The van der Waals surface area contributed by atoms with Gasteiger partial charge in [0.25, 0.3) is 5.56 Å². The summed E-state index contributed by atoms with van der Waals surface area (Å²) in [5.74, 6) is 0.737. The van der Waals surface area contributed by atoms with Crippen LogP contribution in [0.1, 0.15) is 16.8 Å². The minimum Gasteiger partial charge on any atom is -0.379 e. The van der Waals surface area contributed by atoms with E-state index in [1.165, 1.54) is 5.56 Å². The third kappa shape index (κ3) is 3.83. The van der Waals surface area contributed by atoms with Crippen LogP contribution in [0.25, 0.3) is 0 Å². The fraction of sp³-hybridized carbons (Fsp3) is 0.524. The largest absolute Gasteiger partial charge is 0.379 e. The number of hydrogen-bond acceptors (Lipinski definition) is 6. The quantitative estimate of drug-likeness (QED) is 0.804. The van der Waals surface area contributed by atoms with Crippen LogP contribution in [0.2, 0.25) is 0 Å². The molecule has 0 aliphatic carbocycles. The smallest absolute Gasteiger partial charge is 0.259 e. The van der Waals surface area contributed by atoms with Crippen LogP contribution in [0, 0.1) is 20.8 Å². The van der Waals surface area contributed by atoms with Gasteiger partial charge in [0.05, 0.1) is 26.6 Å². The third-order valence-electron chi connectivity index (χ3n) is 5.69. The van der Waals surface area contributed by atoms with E-state index < -0.39 is 0 Å². The molecule has 2 aliphatic rings. The van der Waals surface area contributed by atoms with Gasteiger partial charge in [-0.25, -0.2) is 4.98 Å². The molecule has 7 heteroatoms. The van der Waals surface area contributed by atoms with E-state index in [-0.39, 0.29) is 5.56 Å². The van der Waals surface area contributed by atoms with Gasteiger partial charge in [-0.05, 0) is 38.5 Å². The summed E-state index contributed by atoms with van der Waals surface area (Å²) in [7, 11) is 0. The van der Waals surface area contributed by atoms with Crippen molar-refractivity contribution in [1.82, 2.24) is 19.4 Å². The first kappa shape index (κ1) is 19.1. The molecular weight excluding hydrogens is 354 g/mol. The molecule has 7 nitrogen and oxygen atoms in total. The molecule has 0 amide bonds. The van der Waals surface area contributed by atoms with E-state index in [9.17, 15) is 4.79 Å². The van der Waals surface area contributed by atoms with Crippen molar-refractivity contribution in [2.75, 3.05) is 51.0 Å². The monoisotopic (exact) mass is 383 g/mol. The van der Waals surface area contributed by atoms with Crippen LogP contribution in [-0.2, 0) is 11.4 Å². The molecule has 0 unspecified atom stereocenters.